The number of rotatable bonds is 4. The third-order valence-corrected chi connectivity index (χ3v) is 3.58. The fourth-order valence-electron chi connectivity index (χ4n) is 1.48. The van der Waals surface area contributed by atoms with Gasteiger partial charge in [-0.3, -0.25) is 4.79 Å². The van der Waals surface area contributed by atoms with Crippen molar-refractivity contribution in [1.82, 2.24) is 0 Å². The van der Waals surface area contributed by atoms with Gasteiger partial charge in [0.05, 0.1) is 0 Å². The molecule has 0 N–H and O–H groups in total. The molecule has 0 radical (unpaired) electrons. The maximum Gasteiger partial charge on any atom is 0.163 e. The van der Waals surface area contributed by atoms with E-state index < -0.39 is 0 Å². The first-order valence-electron chi connectivity index (χ1n) is 4.97. The standard InChI is InChI=1S/C13H15BrO/c1-4-5-6-12(15)11-7-9(2)13(14)10(3)8-11/h4,7-8H,1,5-6H2,2-3H3. The summed E-state index contributed by atoms with van der Waals surface area (Å²) in [4.78, 5) is 11.8. The quantitative estimate of drug-likeness (QED) is 0.589. The molecule has 0 atom stereocenters. The molecule has 1 nitrogen and oxygen atoms in total. The lowest BCUT2D eigenvalue weighted by Gasteiger charge is -2.06. The van der Waals surface area contributed by atoms with Crippen molar-refractivity contribution in [2.24, 2.45) is 0 Å². The molecule has 15 heavy (non-hydrogen) atoms. The van der Waals surface area contributed by atoms with Crippen molar-refractivity contribution in [1.29, 1.82) is 0 Å². The minimum atomic E-state index is 0.189. The van der Waals surface area contributed by atoms with Crippen LogP contribution in [-0.4, -0.2) is 5.78 Å². The maximum absolute atomic E-state index is 11.8. The third-order valence-electron chi connectivity index (χ3n) is 2.33. The Hall–Kier alpha value is -0.890. The fourth-order valence-corrected chi connectivity index (χ4v) is 1.71. The van der Waals surface area contributed by atoms with Crippen LogP contribution in [0, 0.1) is 13.8 Å². The normalized spacial score (nSPS) is 10.1. The van der Waals surface area contributed by atoms with E-state index in [4.69, 9.17) is 0 Å². The van der Waals surface area contributed by atoms with Crippen molar-refractivity contribution in [2.75, 3.05) is 0 Å². The van der Waals surface area contributed by atoms with Gasteiger partial charge in [-0.15, -0.1) is 6.58 Å². The van der Waals surface area contributed by atoms with E-state index in [0.29, 0.717) is 6.42 Å². The summed E-state index contributed by atoms with van der Waals surface area (Å²) in [5, 5.41) is 0. The van der Waals surface area contributed by atoms with Gasteiger partial charge in [0.25, 0.3) is 0 Å². The highest BCUT2D eigenvalue weighted by Gasteiger charge is 2.08. The average Bonchev–Trinajstić information content (AvgIpc) is 2.21. The largest absolute Gasteiger partial charge is 0.294 e. The Balaban J connectivity index is 2.95. The van der Waals surface area contributed by atoms with Crippen LogP contribution in [0.5, 0.6) is 0 Å². The van der Waals surface area contributed by atoms with Gasteiger partial charge in [-0.25, -0.2) is 0 Å². The first-order chi connectivity index (χ1) is 7.06. The number of allylic oxidation sites excluding steroid dienone is 1. The maximum atomic E-state index is 11.8. The molecule has 0 saturated carbocycles. The Morgan fingerprint density at radius 2 is 1.93 bits per heavy atom. The van der Waals surface area contributed by atoms with E-state index in [0.717, 1.165) is 27.6 Å². The number of carbonyl (C=O) groups excluding carboxylic acids is 1. The minimum Gasteiger partial charge on any atom is -0.294 e. The van der Waals surface area contributed by atoms with Crippen LogP contribution in [0.4, 0.5) is 0 Å². The molecule has 0 bridgehead atoms. The molecule has 0 aromatic heterocycles. The zero-order valence-electron chi connectivity index (χ0n) is 9.14. The number of carbonyl (C=O) groups is 1. The summed E-state index contributed by atoms with van der Waals surface area (Å²) in [5.74, 6) is 0.189. The first-order valence-corrected chi connectivity index (χ1v) is 5.76. The second kappa shape index (κ2) is 5.26. The van der Waals surface area contributed by atoms with Crippen LogP contribution < -0.4 is 0 Å². The number of aryl methyl sites for hydroxylation is 2. The summed E-state index contributed by atoms with van der Waals surface area (Å²) >= 11 is 3.49. The van der Waals surface area contributed by atoms with Crippen molar-refractivity contribution in [3.63, 3.8) is 0 Å². The molecule has 1 aromatic carbocycles. The average molecular weight is 267 g/mol. The number of ketones is 1. The van der Waals surface area contributed by atoms with Gasteiger partial charge in [0.1, 0.15) is 0 Å². The molecule has 1 aromatic rings. The molecule has 0 unspecified atom stereocenters. The van der Waals surface area contributed by atoms with Gasteiger partial charge in [-0.2, -0.15) is 0 Å². The summed E-state index contributed by atoms with van der Waals surface area (Å²) in [6.07, 6.45) is 3.06. The van der Waals surface area contributed by atoms with Gasteiger partial charge < -0.3 is 0 Å². The van der Waals surface area contributed by atoms with Crippen LogP contribution in [0.15, 0.2) is 29.3 Å². The van der Waals surface area contributed by atoms with Crippen molar-refractivity contribution < 1.29 is 4.79 Å². The Morgan fingerprint density at radius 1 is 1.40 bits per heavy atom. The van der Waals surface area contributed by atoms with Crippen molar-refractivity contribution in [3.8, 4) is 0 Å². The van der Waals surface area contributed by atoms with Gasteiger partial charge in [-0.05, 0) is 43.5 Å². The van der Waals surface area contributed by atoms with Gasteiger partial charge >= 0.3 is 0 Å². The SMILES string of the molecule is C=CCCC(=O)c1cc(C)c(Br)c(C)c1. The van der Waals surface area contributed by atoms with Crippen molar-refractivity contribution in [2.45, 2.75) is 26.7 Å². The molecule has 0 fully saturated rings. The van der Waals surface area contributed by atoms with Crippen LogP contribution in [0.25, 0.3) is 0 Å². The summed E-state index contributed by atoms with van der Waals surface area (Å²) in [6.45, 7) is 7.62. The van der Waals surface area contributed by atoms with Gasteiger partial charge in [0.15, 0.2) is 5.78 Å². The van der Waals surface area contributed by atoms with E-state index in [1.165, 1.54) is 0 Å². The van der Waals surface area contributed by atoms with E-state index >= 15 is 0 Å². The summed E-state index contributed by atoms with van der Waals surface area (Å²) < 4.78 is 1.09. The second-order valence-corrected chi connectivity index (χ2v) is 4.47. The Labute approximate surface area is 99.3 Å². The molecule has 0 aliphatic carbocycles. The van der Waals surface area contributed by atoms with E-state index in [1.807, 2.05) is 26.0 Å². The van der Waals surface area contributed by atoms with Crippen LogP contribution in [0.3, 0.4) is 0 Å². The molecule has 0 aliphatic heterocycles. The molecule has 1 rings (SSSR count). The number of hydrogen-bond donors (Lipinski definition) is 0. The van der Waals surface area contributed by atoms with Crippen LogP contribution in [0.1, 0.15) is 34.3 Å². The van der Waals surface area contributed by atoms with Gasteiger partial charge in [0, 0.05) is 16.5 Å². The molecule has 0 saturated heterocycles. The molecular weight excluding hydrogens is 252 g/mol. The van der Waals surface area contributed by atoms with Crippen LogP contribution >= 0.6 is 15.9 Å². The zero-order valence-corrected chi connectivity index (χ0v) is 10.7. The molecule has 0 spiro atoms. The number of Topliss-reactive ketones (excluding diaryl/α,β-unsaturated/α-hetero) is 1. The summed E-state index contributed by atoms with van der Waals surface area (Å²) in [6, 6.07) is 3.87. The second-order valence-electron chi connectivity index (χ2n) is 3.67. The summed E-state index contributed by atoms with van der Waals surface area (Å²) in [7, 11) is 0. The smallest absolute Gasteiger partial charge is 0.163 e. The first kappa shape index (κ1) is 12.2. The van der Waals surface area contributed by atoms with Gasteiger partial charge in [0.2, 0.25) is 0 Å². The highest BCUT2D eigenvalue weighted by atomic mass is 79.9. The van der Waals surface area contributed by atoms with E-state index in [1.54, 1.807) is 6.08 Å². The van der Waals surface area contributed by atoms with Crippen molar-refractivity contribution in [3.05, 3.63) is 46.0 Å². The minimum absolute atomic E-state index is 0.189. The highest BCUT2D eigenvalue weighted by molar-refractivity contribution is 9.10. The summed E-state index contributed by atoms with van der Waals surface area (Å²) in [5.41, 5.74) is 3.02. The molecule has 0 heterocycles. The molecule has 2 heteroatoms. The highest BCUT2D eigenvalue weighted by Crippen LogP contribution is 2.23. The van der Waals surface area contributed by atoms with E-state index in [-0.39, 0.29) is 5.78 Å². The lowest BCUT2D eigenvalue weighted by molar-refractivity contribution is 0.0983. The zero-order chi connectivity index (χ0) is 11.4. The lowest BCUT2D eigenvalue weighted by Crippen LogP contribution is -2.00. The predicted molar refractivity (Wildman–Crippen MR) is 67.4 cm³/mol. The van der Waals surface area contributed by atoms with Gasteiger partial charge in [-0.1, -0.05) is 22.0 Å². The lowest BCUT2D eigenvalue weighted by atomic mass is 10.0. The van der Waals surface area contributed by atoms with E-state index in [9.17, 15) is 4.79 Å². The molecular formula is C13H15BrO. The molecule has 0 amide bonds. The van der Waals surface area contributed by atoms with Crippen molar-refractivity contribution >= 4 is 21.7 Å². The molecule has 0 aliphatic rings. The number of halogens is 1. The van der Waals surface area contributed by atoms with E-state index in [2.05, 4.69) is 22.5 Å². The number of benzene rings is 1. The van der Waals surface area contributed by atoms with Crippen LogP contribution in [0.2, 0.25) is 0 Å². The Morgan fingerprint density at radius 3 is 2.40 bits per heavy atom. The van der Waals surface area contributed by atoms with Crippen LogP contribution in [-0.2, 0) is 0 Å². The Kier molecular flexibility index (Phi) is 4.28. The monoisotopic (exact) mass is 266 g/mol. The predicted octanol–water partition coefficient (Wildman–Crippen LogP) is 4.21. The third kappa shape index (κ3) is 3.03. The molecule has 80 valence electrons. The fraction of sp³-hybridized carbons (Fsp3) is 0.308. The number of hydrogen-bond acceptors (Lipinski definition) is 1. The topological polar surface area (TPSA) is 17.1 Å². The Bertz CT molecular complexity index is 371.